The van der Waals surface area contributed by atoms with Crippen LogP contribution in [0, 0.1) is 17.2 Å². The highest BCUT2D eigenvalue weighted by atomic mass is 16.5. The Bertz CT molecular complexity index is 750. The van der Waals surface area contributed by atoms with Crippen molar-refractivity contribution >= 4 is 5.91 Å². The van der Waals surface area contributed by atoms with Gasteiger partial charge in [0.2, 0.25) is 0 Å². The molecule has 0 atom stereocenters. The van der Waals surface area contributed by atoms with Gasteiger partial charge in [-0.1, -0.05) is 56.3 Å². The van der Waals surface area contributed by atoms with Crippen LogP contribution in [0.3, 0.4) is 0 Å². The molecule has 0 aliphatic heterocycles. The molecule has 0 fully saturated rings. The maximum absolute atomic E-state index is 13.1. The average Bonchev–Trinajstić information content (AvgIpc) is 2.68. The molecule has 2 aromatic carbocycles. The molecule has 2 aromatic rings. The Morgan fingerprint density at radius 1 is 1.07 bits per heavy atom. The van der Waals surface area contributed by atoms with Gasteiger partial charge in [0.15, 0.2) is 0 Å². The number of para-hydroxylation sites is 1. The summed E-state index contributed by atoms with van der Waals surface area (Å²) in [4.78, 5) is 14.9. The fourth-order valence-corrected chi connectivity index (χ4v) is 2.75. The summed E-state index contributed by atoms with van der Waals surface area (Å²) in [5, 5.41) is 8.96. The van der Waals surface area contributed by atoms with Crippen LogP contribution in [0.25, 0.3) is 0 Å². The number of hydrogen-bond donors (Lipinski definition) is 0. The van der Waals surface area contributed by atoms with Crippen molar-refractivity contribution in [3.05, 3.63) is 65.7 Å². The van der Waals surface area contributed by atoms with Crippen LogP contribution < -0.4 is 4.74 Å². The van der Waals surface area contributed by atoms with Crippen LogP contribution in [0.4, 0.5) is 0 Å². The predicted octanol–water partition coefficient (Wildman–Crippen LogP) is 4.71. The average molecular weight is 364 g/mol. The van der Waals surface area contributed by atoms with Crippen LogP contribution in [0.5, 0.6) is 5.75 Å². The Hall–Kier alpha value is -2.80. The van der Waals surface area contributed by atoms with E-state index in [4.69, 9.17) is 10.00 Å². The van der Waals surface area contributed by atoms with Gasteiger partial charge in [-0.15, -0.1) is 0 Å². The summed E-state index contributed by atoms with van der Waals surface area (Å²) in [6.07, 6.45) is 2.01. The lowest BCUT2D eigenvalue weighted by atomic mass is 10.1. The van der Waals surface area contributed by atoms with E-state index in [0.29, 0.717) is 43.3 Å². The normalized spacial score (nSPS) is 10.4. The fourth-order valence-electron chi connectivity index (χ4n) is 2.75. The first-order chi connectivity index (χ1) is 13.1. The number of ether oxygens (including phenoxy) is 1. The second kappa shape index (κ2) is 11.0. The molecule has 142 valence electrons. The Balaban J connectivity index is 2.10. The lowest BCUT2D eigenvalue weighted by molar-refractivity contribution is 0.0756. The molecule has 4 heteroatoms. The topological polar surface area (TPSA) is 53.3 Å². The zero-order valence-corrected chi connectivity index (χ0v) is 16.2. The van der Waals surface area contributed by atoms with Crippen molar-refractivity contribution in [2.24, 2.45) is 5.92 Å². The quantitative estimate of drug-likeness (QED) is 0.613. The van der Waals surface area contributed by atoms with Crippen molar-refractivity contribution in [2.45, 2.75) is 33.1 Å². The number of nitrogens with zero attached hydrogens (tertiary/aromatic N) is 2. The highest BCUT2D eigenvalue weighted by molar-refractivity contribution is 5.97. The summed E-state index contributed by atoms with van der Waals surface area (Å²) < 4.78 is 5.87. The number of nitriles is 1. The summed E-state index contributed by atoms with van der Waals surface area (Å²) in [5.41, 5.74) is 1.74. The first kappa shape index (κ1) is 20.5. The van der Waals surface area contributed by atoms with Gasteiger partial charge in [0.25, 0.3) is 5.91 Å². The summed E-state index contributed by atoms with van der Waals surface area (Å²) in [6.45, 7) is 5.87. The number of amides is 1. The van der Waals surface area contributed by atoms with Crippen LogP contribution >= 0.6 is 0 Å². The van der Waals surface area contributed by atoms with Crippen LogP contribution in [0.2, 0.25) is 0 Å². The Kier molecular flexibility index (Phi) is 8.38. The van der Waals surface area contributed by atoms with Crippen molar-refractivity contribution in [1.29, 1.82) is 5.26 Å². The first-order valence-electron chi connectivity index (χ1n) is 9.53. The van der Waals surface area contributed by atoms with Crippen molar-refractivity contribution in [1.82, 2.24) is 4.90 Å². The fraction of sp³-hybridized carbons (Fsp3) is 0.391. The number of carbonyl (C=O) groups excluding carboxylic acids is 1. The number of hydrogen-bond acceptors (Lipinski definition) is 3. The molecule has 0 aliphatic rings. The van der Waals surface area contributed by atoms with E-state index in [1.165, 1.54) is 5.56 Å². The number of rotatable bonds is 10. The molecule has 2 rings (SSSR count). The number of carbonyl (C=O) groups is 1. The second-order valence-electron chi connectivity index (χ2n) is 6.96. The highest BCUT2D eigenvalue weighted by Crippen LogP contribution is 2.21. The highest BCUT2D eigenvalue weighted by Gasteiger charge is 2.19. The van der Waals surface area contributed by atoms with E-state index < -0.39 is 0 Å². The molecule has 0 radical (unpaired) electrons. The van der Waals surface area contributed by atoms with E-state index in [0.717, 1.165) is 12.8 Å². The molecule has 0 saturated heterocycles. The maximum Gasteiger partial charge on any atom is 0.257 e. The molecule has 0 N–H and O–H groups in total. The zero-order chi connectivity index (χ0) is 19.5. The summed E-state index contributed by atoms with van der Waals surface area (Å²) >= 11 is 0. The van der Waals surface area contributed by atoms with Crippen molar-refractivity contribution in [3.8, 4) is 11.8 Å². The Morgan fingerprint density at radius 2 is 1.78 bits per heavy atom. The molecular formula is C23H28N2O2. The largest absolute Gasteiger partial charge is 0.493 e. The van der Waals surface area contributed by atoms with Gasteiger partial charge in [-0.25, -0.2) is 0 Å². The minimum Gasteiger partial charge on any atom is -0.493 e. The minimum absolute atomic E-state index is 0.0821. The monoisotopic (exact) mass is 364 g/mol. The van der Waals surface area contributed by atoms with E-state index >= 15 is 0 Å². The van der Waals surface area contributed by atoms with Gasteiger partial charge < -0.3 is 9.64 Å². The lowest BCUT2D eigenvalue weighted by Gasteiger charge is -2.23. The summed E-state index contributed by atoms with van der Waals surface area (Å²) in [5.74, 6) is 1.08. The van der Waals surface area contributed by atoms with E-state index in [-0.39, 0.29) is 5.91 Å². The molecule has 1 amide bonds. The molecular weight excluding hydrogens is 336 g/mol. The Labute approximate surface area is 162 Å². The molecule has 0 spiro atoms. The van der Waals surface area contributed by atoms with Gasteiger partial charge in [0.1, 0.15) is 5.75 Å². The van der Waals surface area contributed by atoms with E-state index in [2.05, 4.69) is 32.0 Å². The van der Waals surface area contributed by atoms with Gasteiger partial charge in [0, 0.05) is 13.1 Å². The van der Waals surface area contributed by atoms with Crippen LogP contribution in [-0.4, -0.2) is 30.5 Å². The smallest absolute Gasteiger partial charge is 0.257 e. The van der Waals surface area contributed by atoms with Crippen LogP contribution in [-0.2, 0) is 6.42 Å². The molecule has 0 unspecified atom stereocenters. The van der Waals surface area contributed by atoms with Gasteiger partial charge in [-0.2, -0.15) is 5.26 Å². The second-order valence-corrected chi connectivity index (χ2v) is 6.96. The third kappa shape index (κ3) is 6.79. The molecule has 0 saturated carbocycles. The third-order valence-electron chi connectivity index (χ3n) is 4.36. The molecule has 0 heterocycles. The zero-order valence-electron chi connectivity index (χ0n) is 16.2. The predicted molar refractivity (Wildman–Crippen MR) is 108 cm³/mol. The first-order valence-corrected chi connectivity index (χ1v) is 9.53. The third-order valence-corrected chi connectivity index (χ3v) is 4.36. The van der Waals surface area contributed by atoms with Gasteiger partial charge >= 0.3 is 0 Å². The molecule has 0 bridgehead atoms. The van der Waals surface area contributed by atoms with Crippen molar-refractivity contribution < 1.29 is 9.53 Å². The van der Waals surface area contributed by atoms with Crippen molar-refractivity contribution in [3.63, 3.8) is 0 Å². The SMILES string of the molecule is CC(C)CCOc1ccccc1C(=O)N(CCC#N)CCc1ccccc1. The van der Waals surface area contributed by atoms with Gasteiger partial charge in [-0.05, 0) is 36.5 Å². The molecule has 0 aliphatic carbocycles. The van der Waals surface area contributed by atoms with E-state index in [9.17, 15) is 4.79 Å². The maximum atomic E-state index is 13.1. The molecule has 27 heavy (non-hydrogen) atoms. The van der Waals surface area contributed by atoms with Crippen molar-refractivity contribution in [2.75, 3.05) is 19.7 Å². The van der Waals surface area contributed by atoms with Crippen LogP contribution in [0.15, 0.2) is 54.6 Å². The lowest BCUT2D eigenvalue weighted by Crippen LogP contribution is -2.34. The minimum atomic E-state index is -0.0821. The number of benzene rings is 2. The van der Waals surface area contributed by atoms with E-state index in [1.54, 1.807) is 11.0 Å². The summed E-state index contributed by atoms with van der Waals surface area (Å²) in [6, 6.07) is 19.6. The van der Waals surface area contributed by atoms with Gasteiger partial charge in [-0.3, -0.25) is 4.79 Å². The Morgan fingerprint density at radius 3 is 2.48 bits per heavy atom. The van der Waals surface area contributed by atoms with Gasteiger partial charge in [0.05, 0.1) is 24.7 Å². The van der Waals surface area contributed by atoms with E-state index in [1.807, 2.05) is 36.4 Å². The van der Waals surface area contributed by atoms with Crippen LogP contribution in [0.1, 0.15) is 42.6 Å². The standard InChI is InChI=1S/C23H28N2O2/c1-19(2)14-18-27-22-12-7-6-11-21(22)23(26)25(16-8-15-24)17-13-20-9-4-3-5-10-20/h3-7,9-12,19H,8,13-14,16-18H2,1-2H3. The molecule has 0 aromatic heterocycles. The molecule has 4 nitrogen and oxygen atoms in total. The summed E-state index contributed by atoms with van der Waals surface area (Å²) in [7, 11) is 0.